The molecule has 1 aliphatic rings. The second-order valence-corrected chi connectivity index (χ2v) is 7.40. The van der Waals surface area contributed by atoms with Crippen LogP contribution >= 0.6 is 24.0 Å². The number of para-hydroxylation sites is 1. The molecule has 2 rings (SSSR count). The second kappa shape index (κ2) is 6.75. The predicted molar refractivity (Wildman–Crippen MR) is 93.3 cm³/mol. The standard InChI is InChI=1S/C13H19N3O2S.HI/c1-19(17,18)10-13(7-8-13)9-15-12(14)16-11-5-3-2-4-6-11;/h2-6H,7-10H2,1H3,(H3,14,15,16);1H. The van der Waals surface area contributed by atoms with Gasteiger partial charge in [0.2, 0.25) is 0 Å². The van der Waals surface area contributed by atoms with Gasteiger partial charge in [0, 0.05) is 23.9 Å². The molecule has 0 aliphatic heterocycles. The molecule has 0 radical (unpaired) electrons. The molecule has 0 unspecified atom stereocenters. The van der Waals surface area contributed by atoms with Crippen LogP contribution in [0.3, 0.4) is 0 Å². The van der Waals surface area contributed by atoms with Gasteiger partial charge in [0.05, 0.1) is 5.75 Å². The van der Waals surface area contributed by atoms with Gasteiger partial charge in [0.15, 0.2) is 5.96 Å². The van der Waals surface area contributed by atoms with Crippen molar-refractivity contribution in [3.05, 3.63) is 30.3 Å². The number of aliphatic imine (C=N–C) groups is 1. The van der Waals surface area contributed by atoms with E-state index in [0.29, 0.717) is 12.5 Å². The van der Waals surface area contributed by atoms with E-state index in [1.807, 2.05) is 30.3 Å². The maximum Gasteiger partial charge on any atom is 0.193 e. The summed E-state index contributed by atoms with van der Waals surface area (Å²) < 4.78 is 22.7. The number of rotatable bonds is 5. The van der Waals surface area contributed by atoms with E-state index in [1.54, 1.807) is 0 Å². The van der Waals surface area contributed by atoms with E-state index in [0.717, 1.165) is 18.5 Å². The van der Waals surface area contributed by atoms with Gasteiger partial charge in [-0.1, -0.05) is 18.2 Å². The van der Waals surface area contributed by atoms with Crippen LogP contribution in [0, 0.1) is 5.41 Å². The van der Waals surface area contributed by atoms with Crippen LogP contribution in [-0.4, -0.2) is 32.9 Å². The molecule has 1 aromatic rings. The van der Waals surface area contributed by atoms with E-state index < -0.39 is 9.84 Å². The van der Waals surface area contributed by atoms with E-state index in [1.165, 1.54) is 6.26 Å². The molecule has 1 aromatic carbocycles. The van der Waals surface area contributed by atoms with Crippen LogP contribution in [0.4, 0.5) is 5.69 Å². The zero-order chi connectivity index (χ0) is 13.9. The summed E-state index contributed by atoms with van der Waals surface area (Å²) in [5.74, 6) is 0.522. The maximum absolute atomic E-state index is 11.3. The number of benzene rings is 1. The zero-order valence-corrected chi connectivity index (χ0v) is 14.5. The number of nitrogens with zero attached hydrogens (tertiary/aromatic N) is 1. The zero-order valence-electron chi connectivity index (χ0n) is 11.4. The molecule has 0 atom stereocenters. The summed E-state index contributed by atoms with van der Waals surface area (Å²) in [7, 11) is -2.96. The van der Waals surface area contributed by atoms with Crippen molar-refractivity contribution in [1.29, 1.82) is 0 Å². The second-order valence-electron chi connectivity index (χ2n) is 5.26. The van der Waals surface area contributed by atoms with Gasteiger partial charge >= 0.3 is 0 Å². The van der Waals surface area contributed by atoms with Gasteiger partial charge in [-0.25, -0.2) is 8.42 Å². The lowest BCUT2D eigenvalue weighted by atomic mass is 10.1. The van der Waals surface area contributed by atoms with Crippen molar-refractivity contribution in [2.45, 2.75) is 12.8 Å². The predicted octanol–water partition coefficient (Wildman–Crippen LogP) is 1.86. The highest BCUT2D eigenvalue weighted by molar-refractivity contribution is 14.0. The Kier molecular flexibility index (Phi) is 5.81. The smallest absolute Gasteiger partial charge is 0.193 e. The Morgan fingerprint density at radius 3 is 2.45 bits per heavy atom. The average Bonchev–Trinajstić information content (AvgIpc) is 3.06. The van der Waals surface area contributed by atoms with Crippen LogP contribution in [0.15, 0.2) is 35.3 Å². The van der Waals surface area contributed by atoms with Crippen molar-refractivity contribution >= 4 is 45.5 Å². The number of nitrogens with one attached hydrogen (secondary N) is 1. The Morgan fingerprint density at radius 1 is 1.35 bits per heavy atom. The van der Waals surface area contributed by atoms with Gasteiger partial charge < -0.3 is 11.1 Å². The van der Waals surface area contributed by atoms with Gasteiger partial charge in [0.1, 0.15) is 9.84 Å². The fraction of sp³-hybridized carbons (Fsp3) is 0.462. The van der Waals surface area contributed by atoms with Crippen molar-refractivity contribution in [2.24, 2.45) is 16.1 Å². The van der Waals surface area contributed by atoms with Gasteiger partial charge in [-0.3, -0.25) is 4.99 Å². The first-order valence-corrected chi connectivity index (χ1v) is 8.24. The number of sulfone groups is 1. The maximum atomic E-state index is 11.3. The SMILES string of the molecule is CS(=O)(=O)CC1(CN=C(N)Nc2ccccc2)CC1.I. The Bertz CT molecular complexity index is 569. The van der Waals surface area contributed by atoms with E-state index in [9.17, 15) is 8.42 Å². The van der Waals surface area contributed by atoms with E-state index in [-0.39, 0.29) is 35.1 Å². The van der Waals surface area contributed by atoms with Crippen LogP contribution in [-0.2, 0) is 9.84 Å². The quantitative estimate of drug-likeness (QED) is 0.442. The molecule has 0 spiro atoms. The lowest BCUT2D eigenvalue weighted by Crippen LogP contribution is -2.26. The number of nitrogens with two attached hydrogens (primary N) is 1. The normalized spacial score (nSPS) is 17.1. The molecule has 7 heteroatoms. The number of halogens is 1. The third-order valence-electron chi connectivity index (χ3n) is 3.16. The van der Waals surface area contributed by atoms with Crippen LogP contribution in [0.2, 0.25) is 0 Å². The third kappa shape index (κ3) is 5.66. The largest absolute Gasteiger partial charge is 0.370 e. The molecule has 0 amide bonds. The molecular weight excluding hydrogens is 389 g/mol. The van der Waals surface area contributed by atoms with Crippen molar-refractivity contribution in [2.75, 3.05) is 23.9 Å². The van der Waals surface area contributed by atoms with Crippen molar-refractivity contribution in [3.8, 4) is 0 Å². The number of hydrogen-bond donors (Lipinski definition) is 2. The summed E-state index contributed by atoms with van der Waals surface area (Å²) in [5.41, 5.74) is 6.48. The lowest BCUT2D eigenvalue weighted by molar-refractivity contribution is 0.552. The van der Waals surface area contributed by atoms with Crippen molar-refractivity contribution in [3.63, 3.8) is 0 Å². The summed E-state index contributed by atoms with van der Waals surface area (Å²) in [6.07, 6.45) is 3.08. The summed E-state index contributed by atoms with van der Waals surface area (Å²) in [6.45, 7) is 0.464. The summed E-state index contributed by atoms with van der Waals surface area (Å²) >= 11 is 0. The Hall–Kier alpha value is -0.830. The van der Waals surface area contributed by atoms with Crippen LogP contribution in [0.5, 0.6) is 0 Å². The fourth-order valence-electron chi connectivity index (χ4n) is 2.04. The molecule has 1 aliphatic carbocycles. The molecule has 20 heavy (non-hydrogen) atoms. The van der Waals surface area contributed by atoms with Crippen molar-refractivity contribution in [1.82, 2.24) is 0 Å². The average molecular weight is 409 g/mol. The summed E-state index contributed by atoms with van der Waals surface area (Å²) in [4.78, 5) is 4.26. The molecule has 1 fully saturated rings. The van der Waals surface area contributed by atoms with Gasteiger partial charge in [-0.2, -0.15) is 0 Å². The summed E-state index contributed by atoms with van der Waals surface area (Å²) in [6, 6.07) is 9.52. The molecule has 3 N–H and O–H groups in total. The highest BCUT2D eigenvalue weighted by atomic mass is 127. The monoisotopic (exact) mass is 409 g/mol. The van der Waals surface area contributed by atoms with E-state index in [2.05, 4.69) is 10.3 Å². The van der Waals surface area contributed by atoms with Gasteiger partial charge in [0.25, 0.3) is 0 Å². The number of anilines is 1. The first kappa shape index (κ1) is 17.2. The van der Waals surface area contributed by atoms with Crippen LogP contribution < -0.4 is 11.1 Å². The van der Waals surface area contributed by atoms with Gasteiger partial charge in [-0.05, 0) is 25.0 Å². The Labute approximate surface area is 137 Å². The lowest BCUT2D eigenvalue weighted by Gasteiger charge is -2.11. The van der Waals surface area contributed by atoms with Crippen molar-refractivity contribution < 1.29 is 8.42 Å². The minimum absolute atomic E-state index is 0. The van der Waals surface area contributed by atoms with E-state index in [4.69, 9.17) is 5.73 Å². The molecule has 0 aromatic heterocycles. The minimum Gasteiger partial charge on any atom is -0.370 e. The first-order valence-electron chi connectivity index (χ1n) is 6.18. The fourth-order valence-corrected chi connectivity index (χ4v) is 3.54. The molecule has 0 heterocycles. The molecule has 112 valence electrons. The number of hydrogen-bond acceptors (Lipinski definition) is 3. The highest BCUT2D eigenvalue weighted by Gasteiger charge is 2.45. The molecule has 5 nitrogen and oxygen atoms in total. The molecule has 0 saturated heterocycles. The topological polar surface area (TPSA) is 84.5 Å². The molecule has 1 saturated carbocycles. The number of guanidine groups is 1. The summed E-state index contributed by atoms with van der Waals surface area (Å²) in [5, 5.41) is 2.98. The van der Waals surface area contributed by atoms with Crippen LogP contribution in [0.1, 0.15) is 12.8 Å². The van der Waals surface area contributed by atoms with Gasteiger partial charge in [-0.15, -0.1) is 24.0 Å². The highest BCUT2D eigenvalue weighted by Crippen LogP contribution is 2.46. The third-order valence-corrected chi connectivity index (χ3v) is 4.29. The van der Waals surface area contributed by atoms with Crippen LogP contribution in [0.25, 0.3) is 0 Å². The minimum atomic E-state index is -2.96. The first-order chi connectivity index (χ1) is 8.89. The molecular formula is C13H20IN3O2S. The Morgan fingerprint density at radius 2 is 1.95 bits per heavy atom. The Balaban J connectivity index is 0.00000200. The van der Waals surface area contributed by atoms with E-state index >= 15 is 0 Å². The molecule has 0 bridgehead atoms.